The van der Waals surface area contributed by atoms with Gasteiger partial charge >= 0.3 is 0 Å². The molecule has 70 heavy (non-hydrogen) atoms. The predicted molar refractivity (Wildman–Crippen MR) is 295 cm³/mol. The number of hydrogen-bond donors (Lipinski definition) is 0. The van der Waals surface area contributed by atoms with Crippen LogP contribution in [-0.4, -0.2) is 0 Å². The van der Waals surface area contributed by atoms with Crippen LogP contribution in [0.5, 0.6) is 0 Å². The van der Waals surface area contributed by atoms with Crippen molar-refractivity contribution in [3.63, 3.8) is 0 Å². The van der Waals surface area contributed by atoms with E-state index in [2.05, 4.69) is 254 Å². The molecule has 0 amide bonds. The Labute approximate surface area is 410 Å². The first-order valence-corrected chi connectivity index (χ1v) is 24.8. The van der Waals surface area contributed by atoms with Gasteiger partial charge in [-0.3, -0.25) is 0 Å². The van der Waals surface area contributed by atoms with Gasteiger partial charge in [0.1, 0.15) is 11.2 Å². The molecule has 1 aliphatic rings. The molecule has 0 saturated carbocycles. The number of rotatable bonds is 8. The number of benzene rings is 11. The zero-order valence-electron chi connectivity index (χ0n) is 38.1. The van der Waals surface area contributed by atoms with Crippen molar-refractivity contribution in [3.05, 3.63) is 283 Å². The third kappa shape index (κ3) is 6.25. The van der Waals surface area contributed by atoms with Crippen molar-refractivity contribution in [1.82, 2.24) is 0 Å². The summed E-state index contributed by atoms with van der Waals surface area (Å²) in [6.07, 6.45) is 0. The number of furan rings is 1. The van der Waals surface area contributed by atoms with E-state index in [1.54, 1.807) is 0 Å². The largest absolute Gasteiger partial charge is 0.455 e. The number of para-hydroxylation sites is 2. The van der Waals surface area contributed by atoms with E-state index < -0.39 is 5.41 Å². The molecular weight excluding hydrogens is 867 g/mol. The maximum Gasteiger partial charge on any atom is 0.143 e. The van der Waals surface area contributed by atoms with Crippen LogP contribution in [0.3, 0.4) is 0 Å². The van der Waals surface area contributed by atoms with Gasteiger partial charge in [-0.25, -0.2) is 0 Å². The van der Waals surface area contributed by atoms with Gasteiger partial charge in [-0.2, -0.15) is 0 Å². The van der Waals surface area contributed by atoms with E-state index in [9.17, 15) is 0 Å². The average Bonchev–Trinajstić information content (AvgIpc) is 4.11. The molecule has 0 saturated heterocycles. The van der Waals surface area contributed by atoms with Crippen molar-refractivity contribution in [2.45, 2.75) is 5.41 Å². The van der Waals surface area contributed by atoms with Gasteiger partial charge in [0.25, 0.3) is 0 Å². The first-order valence-electron chi connectivity index (χ1n) is 24.0. The monoisotopic (exact) mass is 909 g/mol. The molecule has 2 nitrogen and oxygen atoms in total. The Morgan fingerprint density at radius 2 is 0.886 bits per heavy atom. The molecule has 1 aliphatic carbocycles. The van der Waals surface area contributed by atoms with Crippen LogP contribution in [0.15, 0.2) is 265 Å². The van der Waals surface area contributed by atoms with Crippen LogP contribution in [0.25, 0.3) is 86.6 Å². The van der Waals surface area contributed by atoms with Gasteiger partial charge in [-0.15, -0.1) is 11.3 Å². The average molecular weight is 910 g/mol. The van der Waals surface area contributed by atoms with Crippen LogP contribution in [0.1, 0.15) is 22.3 Å². The summed E-state index contributed by atoms with van der Waals surface area (Å²) in [5.41, 5.74) is 19.2. The zero-order valence-corrected chi connectivity index (χ0v) is 38.9. The quantitative estimate of drug-likeness (QED) is 0.151. The van der Waals surface area contributed by atoms with E-state index >= 15 is 0 Å². The molecule has 11 aromatic carbocycles. The van der Waals surface area contributed by atoms with Gasteiger partial charge in [-0.05, 0) is 122 Å². The molecule has 0 N–H and O–H groups in total. The summed E-state index contributed by atoms with van der Waals surface area (Å²) in [7, 11) is 0. The molecule has 0 bridgehead atoms. The number of nitrogens with zero attached hydrogens (tertiary/aromatic N) is 1. The maximum absolute atomic E-state index is 6.47. The highest BCUT2D eigenvalue weighted by Crippen LogP contribution is 2.57. The summed E-state index contributed by atoms with van der Waals surface area (Å²) in [5, 5.41) is 4.90. The van der Waals surface area contributed by atoms with E-state index in [0.717, 1.165) is 61.3 Å². The van der Waals surface area contributed by atoms with Gasteiger partial charge in [0.05, 0.1) is 5.41 Å². The van der Waals surface area contributed by atoms with Gasteiger partial charge in [-0.1, -0.05) is 200 Å². The zero-order chi connectivity index (χ0) is 46.2. The molecule has 2 aromatic heterocycles. The van der Waals surface area contributed by atoms with Gasteiger partial charge in [0, 0.05) is 53.6 Å². The number of thiophene rings is 1. The van der Waals surface area contributed by atoms with Crippen molar-refractivity contribution in [2.75, 3.05) is 4.90 Å². The van der Waals surface area contributed by atoms with Crippen LogP contribution in [-0.2, 0) is 5.41 Å². The summed E-state index contributed by atoms with van der Waals surface area (Å²) in [5.74, 6) is 0. The van der Waals surface area contributed by atoms with E-state index in [0.29, 0.717) is 0 Å². The van der Waals surface area contributed by atoms with Crippen LogP contribution in [0.4, 0.5) is 17.1 Å². The summed E-state index contributed by atoms with van der Waals surface area (Å²) in [4.78, 5) is 2.42. The van der Waals surface area contributed by atoms with Gasteiger partial charge in [0.2, 0.25) is 0 Å². The molecule has 14 rings (SSSR count). The Morgan fingerprint density at radius 1 is 0.329 bits per heavy atom. The molecule has 0 fully saturated rings. The lowest BCUT2D eigenvalue weighted by Crippen LogP contribution is -2.28. The lowest BCUT2D eigenvalue weighted by atomic mass is 9.68. The SMILES string of the molecule is c1ccc(C2(c3ccccc3)c3ccccc3-c3cc(N(c4ccc(-c5cccc(-c6cccc7c6oc6ccccc67)c5)cc4)c4ccc(-c5cccc6sc7ccccc7c56)cc4)ccc32)cc1. The number of anilines is 3. The number of fused-ring (bicyclic) bond motifs is 9. The molecular formula is C67H43NOS. The standard InChI is InChI=1S/C67H43NOS/c1-3-18-48(19-4-1)67(49-20-5-2-6-21-49)60-28-10-7-22-55(60)59-43-52(40-41-61(59)67)68(51-38-34-45(35-39-51)53-25-15-31-64-65(53)58-24-9-12-30-63(58)70-64)50-36-32-44(33-37-50)46-16-13-17-47(42-46)54-26-14-27-57-56-23-8-11-29-62(56)69-66(54)57/h1-43H. The molecule has 0 atom stereocenters. The Bertz CT molecular complexity index is 4070. The first-order chi connectivity index (χ1) is 34.7. The van der Waals surface area contributed by atoms with Crippen molar-refractivity contribution < 1.29 is 4.42 Å². The van der Waals surface area contributed by atoms with Gasteiger partial charge in [0.15, 0.2) is 0 Å². The normalized spacial score (nSPS) is 12.7. The van der Waals surface area contributed by atoms with Crippen molar-refractivity contribution >= 4 is 70.5 Å². The van der Waals surface area contributed by atoms with Crippen LogP contribution < -0.4 is 4.90 Å². The van der Waals surface area contributed by atoms with Crippen molar-refractivity contribution in [1.29, 1.82) is 0 Å². The third-order valence-corrected chi connectivity index (χ3v) is 15.7. The predicted octanol–water partition coefficient (Wildman–Crippen LogP) is 18.8. The van der Waals surface area contributed by atoms with Crippen LogP contribution >= 0.6 is 11.3 Å². The van der Waals surface area contributed by atoms with E-state index in [1.165, 1.54) is 64.7 Å². The first kappa shape index (κ1) is 40.3. The molecule has 0 unspecified atom stereocenters. The molecule has 13 aromatic rings. The highest BCUT2D eigenvalue weighted by molar-refractivity contribution is 7.25. The molecule has 328 valence electrons. The minimum atomic E-state index is -0.474. The van der Waals surface area contributed by atoms with Crippen molar-refractivity contribution in [3.8, 4) is 44.5 Å². The Morgan fingerprint density at radius 3 is 1.67 bits per heavy atom. The summed E-state index contributed by atoms with van der Waals surface area (Å²) < 4.78 is 9.09. The highest BCUT2D eigenvalue weighted by Gasteiger charge is 2.46. The Balaban J connectivity index is 0.907. The van der Waals surface area contributed by atoms with E-state index in [4.69, 9.17) is 4.42 Å². The third-order valence-electron chi connectivity index (χ3n) is 14.6. The maximum atomic E-state index is 6.47. The topological polar surface area (TPSA) is 16.4 Å². The minimum absolute atomic E-state index is 0.474. The Hall–Kier alpha value is -8.76. The molecule has 3 heteroatoms. The lowest BCUT2D eigenvalue weighted by Gasteiger charge is -2.34. The fraction of sp³-hybridized carbons (Fsp3) is 0.0149. The van der Waals surface area contributed by atoms with E-state index in [-0.39, 0.29) is 0 Å². The second kappa shape index (κ2) is 16.2. The second-order valence-electron chi connectivity index (χ2n) is 18.3. The fourth-order valence-electron chi connectivity index (χ4n) is 11.5. The van der Waals surface area contributed by atoms with Crippen LogP contribution in [0.2, 0.25) is 0 Å². The van der Waals surface area contributed by atoms with Crippen LogP contribution in [0, 0.1) is 0 Å². The Kier molecular flexibility index (Phi) is 9.33. The summed E-state index contributed by atoms with van der Waals surface area (Å²) >= 11 is 1.86. The van der Waals surface area contributed by atoms with Crippen molar-refractivity contribution in [2.24, 2.45) is 0 Å². The highest BCUT2D eigenvalue weighted by atomic mass is 32.1. The fourth-order valence-corrected chi connectivity index (χ4v) is 12.6. The minimum Gasteiger partial charge on any atom is -0.455 e. The van der Waals surface area contributed by atoms with E-state index in [1.807, 2.05) is 23.5 Å². The molecule has 2 heterocycles. The number of hydrogen-bond acceptors (Lipinski definition) is 3. The van der Waals surface area contributed by atoms with Gasteiger partial charge < -0.3 is 9.32 Å². The lowest BCUT2D eigenvalue weighted by molar-refractivity contribution is 0.670. The summed E-state index contributed by atoms with van der Waals surface area (Å²) in [6.45, 7) is 0. The smallest absolute Gasteiger partial charge is 0.143 e. The summed E-state index contributed by atoms with van der Waals surface area (Å²) in [6, 6.07) is 95.5. The molecule has 0 aliphatic heterocycles. The molecule has 0 radical (unpaired) electrons. The second-order valence-corrected chi connectivity index (χ2v) is 19.4. The molecule has 0 spiro atoms.